The predicted octanol–water partition coefficient (Wildman–Crippen LogP) is 0.327. The van der Waals surface area contributed by atoms with Crippen molar-refractivity contribution in [2.75, 3.05) is 6.54 Å². The molecule has 1 unspecified atom stereocenters. The highest BCUT2D eigenvalue weighted by Crippen LogP contribution is 2.32. The fourth-order valence-electron chi connectivity index (χ4n) is 1.52. The molecule has 1 fully saturated rings. The zero-order chi connectivity index (χ0) is 11.6. The van der Waals surface area contributed by atoms with Crippen LogP contribution in [0.5, 0.6) is 0 Å². The summed E-state index contributed by atoms with van der Waals surface area (Å²) in [5, 5.41) is 12.5. The Balaban J connectivity index is 1.84. The first-order chi connectivity index (χ1) is 7.62. The van der Waals surface area contributed by atoms with Crippen molar-refractivity contribution in [2.45, 2.75) is 24.5 Å². The maximum Gasteiger partial charge on any atom is 0.240 e. The zero-order valence-corrected chi connectivity index (χ0v) is 9.02. The molecule has 0 spiro atoms. The molecular formula is C12H16N2O2. The summed E-state index contributed by atoms with van der Waals surface area (Å²) in [5.74, 6) is -0.164. The van der Waals surface area contributed by atoms with Gasteiger partial charge in [-0.05, 0) is 18.4 Å². The smallest absolute Gasteiger partial charge is 0.240 e. The first-order valence-corrected chi connectivity index (χ1v) is 5.42. The topological polar surface area (TPSA) is 75.4 Å². The number of hydrogen-bond acceptors (Lipinski definition) is 3. The lowest BCUT2D eigenvalue weighted by Crippen LogP contribution is -2.44. The van der Waals surface area contributed by atoms with Crippen LogP contribution < -0.4 is 11.1 Å². The van der Waals surface area contributed by atoms with Crippen molar-refractivity contribution in [3.05, 3.63) is 35.9 Å². The quantitative estimate of drug-likeness (QED) is 0.684. The molecule has 4 heteroatoms. The average Bonchev–Trinajstić information content (AvgIpc) is 3.06. The lowest BCUT2D eigenvalue weighted by Gasteiger charge is -2.14. The van der Waals surface area contributed by atoms with Gasteiger partial charge in [0.15, 0.2) is 0 Å². The van der Waals surface area contributed by atoms with Gasteiger partial charge < -0.3 is 16.2 Å². The van der Waals surface area contributed by atoms with Gasteiger partial charge in [-0.25, -0.2) is 0 Å². The summed E-state index contributed by atoms with van der Waals surface area (Å²) in [6.07, 6.45) is 0.799. The molecule has 86 valence electrons. The van der Waals surface area contributed by atoms with Crippen molar-refractivity contribution < 1.29 is 9.90 Å². The maximum atomic E-state index is 11.5. The molecular weight excluding hydrogens is 204 g/mol. The van der Waals surface area contributed by atoms with Gasteiger partial charge in [0.05, 0.1) is 11.6 Å². The van der Waals surface area contributed by atoms with Gasteiger partial charge in [0.25, 0.3) is 0 Å². The van der Waals surface area contributed by atoms with Crippen molar-refractivity contribution in [3.8, 4) is 0 Å². The van der Waals surface area contributed by atoms with Gasteiger partial charge in [0.2, 0.25) is 5.91 Å². The van der Waals surface area contributed by atoms with E-state index in [2.05, 4.69) is 5.32 Å². The third-order valence-corrected chi connectivity index (χ3v) is 2.88. The Morgan fingerprint density at radius 3 is 2.62 bits per heavy atom. The van der Waals surface area contributed by atoms with Crippen LogP contribution >= 0.6 is 0 Å². The summed E-state index contributed by atoms with van der Waals surface area (Å²) in [4.78, 5) is 11.5. The molecule has 0 saturated heterocycles. The number of hydrogen-bond donors (Lipinski definition) is 3. The second-order valence-electron chi connectivity index (χ2n) is 4.29. The predicted molar refractivity (Wildman–Crippen MR) is 60.6 cm³/mol. The fraction of sp³-hybridized carbons (Fsp3) is 0.417. The molecule has 1 aliphatic carbocycles. The second kappa shape index (κ2) is 4.23. The van der Waals surface area contributed by atoms with Crippen LogP contribution in [0.3, 0.4) is 0 Å². The molecule has 0 bridgehead atoms. The second-order valence-corrected chi connectivity index (χ2v) is 4.29. The minimum absolute atomic E-state index is 0.164. The molecule has 1 atom stereocenters. The van der Waals surface area contributed by atoms with E-state index in [9.17, 15) is 9.90 Å². The number of aliphatic hydroxyl groups is 1. The SMILES string of the molecule is NC1(C(=O)NCC(O)c2ccccc2)CC1. The van der Waals surface area contributed by atoms with Gasteiger partial charge in [0, 0.05) is 6.54 Å². The molecule has 4 nitrogen and oxygen atoms in total. The van der Waals surface area contributed by atoms with Gasteiger partial charge in [-0.2, -0.15) is 0 Å². The molecule has 0 radical (unpaired) electrons. The summed E-state index contributed by atoms with van der Waals surface area (Å²) in [6.45, 7) is 0.210. The molecule has 1 amide bonds. The molecule has 0 aromatic heterocycles. The van der Waals surface area contributed by atoms with Crippen molar-refractivity contribution in [1.29, 1.82) is 0 Å². The van der Waals surface area contributed by atoms with E-state index in [1.165, 1.54) is 0 Å². The molecule has 1 aromatic carbocycles. The summed E-state index contributed by atoms with van der Waals surface area (Å²) < 4.78 is 0. The largest absolute Gasteiger partial charge is 0.387 e. The molecule has 1 saturated carbocycles. The van der Waals surface area contributed by atoms with Crippen molar-refractivity contribution in [1.82, 2.24) is 5.32 Å². The highest BCUT2D eigenvalue weighted by Gasteiger charge is 2.45. The normalized spacial score (nSPS) is 18.9. The van der Waals surface area contributed by atoms with Crippen molar-refractivity contribution in [2.24, 2.45) is 5.73 Å². The Morgan fingerprint density at radius 2 is 2.06 bits per heavy atom. The van der Waals surface area contributed by atoms with Crippen LogP contribution in [0.2, 0.25) is 0 Å². The van der Waals surface area contributed by atoms with Crippen molar-refractivity contribution in [3.63, 3.8) is 0 Å². The van der Waals surface area contributed by atoms with E-state index >= 15 is 0 Å². The maximum absolute atomic E-state index is 11.5. The van der Waals surface area contributed by atoms with Crippen LogP contribution in [0.15, 0.2) is 30.3 Å². The van der Waals surface area contributed by atoms with Crippen LogP contribution in [0.1, 0.15) is 24.5 Å². The third-order valence-electron chi connectivity index (χ3n) is 2.88. The standard InChI is InChI=1S/C12H16N2O2/c13-12(6-7-12)11(16)14-8-10(15)9-4-2-1-3-5-9/h1-5,10,15H,6-8,13H2,(H,14,16). The highest BCUT2D eigenvalue weighted by molar-refractivity contribution is 5.88. The Labute approximate surface area is 94.5 Å². The monoisotopic (exact) mass is 220 g/mol. The Bertz CT molecular complexity index is 374. The Hall–Kier alpha value is -1.39. The average molecular weight is 220 g/mol. The minimum Gasteiger partial charge on any atom is -0.387 e. The van der Waals surface area contributed by atoms with E-state index < -0.39 is 11.6 Å². The molecule has 1 aliphatic rings. The van der Waals surface area contributed by atoms with E-state index in [1.54, 1.807) is 0 Å². The van der Waals surface area contributed by atoms with Gasteiger partial charge in [-0.15, -0.1) is 0 Å². The molecule has 0 aliphatic heterocycles. The lowest BCUT2D eigenvalue weighted by atomic mass is 10.1. The Morgan fingerprint density at radius 1 is 1.44 bits per heavy atom. The first kappa shape index (κ1) is 11.1. The van der Waals surface area contributed by atoms with Gasteiger partial charge in [0.1, 0.15) is 0 Å². The number of rotatable bonds is 4. The number of aliphatic hydroxyl groups excluding tert-OH is 1. The van der Waals surface area contributed by atoms with Gasteiger partial charge in [-0.3, -0.25) is 4.79 Å². The van der Waals surface area contributed by atoms with Crippen molar-refractivity contribution >= 4 is 5.91 Å². The number of nitrogens with two attached hydrogens (primary N) is 1. The van der Waals surface area contributed by atoms with Gasteiger partial charge in [-0.1, -0.05) is 30.3 Å². The number of carbonyl (C=O) groups is 1. The molecule has 16 heavy (non-hydrogen) atoms. The summed E-state index contributed by atoms with van der Waals surface area (Å²) in [5.41, 5.74) is 5.85. The van der Waals surface area contributed by atoms with Crippen LogP contribution in [0.25, 0.3) is 0 Å². The number of carbonyl (C=O) groups excluding carboxylic acids is 1. The van der Waals surface area contributed by atoms with E-state index in [0.717, 1.165) is 18.4 Å². The number of nitrogens with one attached hydrogen (secondary N) is 1. The number of benzene rings is 1. The summed E-state index contributed by atoms with van der Waals surface area (Å²) >= 11 is 0. The zero-order valence-electron chi connectivity index (χ0n) is 9.02. The van der Waals surface area contributed by atoms with E-state index in [1.807, 2.05) is 30.3 Å². The van der Waals surface area contributed by atoms with Crippen LogP contribution in [0.4, 0.5) is 0 Å². The molecule has 2 rings (SSSR count). The summed E-state index contributed by atoms with van der Waals surface area (Å²) in [6, 6.07) is 9.24. The van der Waals surface area contributed by atoms with Crippen LogP contribution in [0, 0.1) is 0 Å². The molecule has 1 aromatic rings. The first-order valence-electron chi connectivity index (χ1n) is 5.42. The van der Waals surface area contributed by atoms with Crippen LogP contribution in [-0.2, 0) is 4.79 Å². The van der Waals surface area contributed by atoms with E-state index in [-0.39, 0.29) is 12.5 Å². The Kier molecular flexibility index (Phi) is 2.94. The third kappa shape index (κ3) is 2.40. The summed E-state index contributed by atoms with van der Waals surface area (Å²) in [7, 11) is 0. The van der Waals surface area contributed by atoms with E-state index in [4.69, 9.17) is 5.73 Å². The minimum atomic E-state index is -0.674. The van der Waals surface area contributed by atoms with Crippen LogP contribution in [-0.4, -0.2) is 23.1 Å². The van der Waals surface area contributed by atoms with Gasteiger partial charge >= 0.3 is 0 Å². The van der Waals surface area contributed by atoms with E-state index in [0.29, 0.717) is 0 Å². The number of amides is 1. The fourth-order valence-corrected chi connectivity index (χ4v) is 1.52. The lowest BCUT2D eigenvalue weighted by molar-refractivity contribution is -0.123. The highest BCUT2D eigenvalue weighted by atomic mass is 16.3. The molecule has 4 N–H and O–H groups in total. The molecule has 0 heterocycles.